The van der Waals surface area contributed by atoms with Crippen LogP contribution in [0.2, 0.25) is 5.02 Å². The van der Waals surface area contributed by atoms with Crippen molar-refractivity contribution >= 4 is 35.2 Å². The number of alkyl carbamates (subject to hydrolysis) is 1. The van der Waals surface area contributed by atoms with E-state index in [4.69, 9.17) is 16.3 Å². The first kappa shape index (κ1) is 28.3. The fourth-order valence-electron chi connectivity index (χ4n) is 4.10. The van der Waals surface area contributed by atoms with Crippen LogP contribution in [0.25, 0.3) is 0 Å². The molecule has 4 unspecified atom stereocenters. The molecule has 1 saturated carbocycles. The molecule has 37 heavy (non-hydrogen) atoms. The Labute approximate surface area is 221 Å². The monoisotopic (exact) mass is 531 g/mol. The molecule has 1 fully saturated rings. The molecule has 0 spiro atoms. The van der Waals surface area contributed by atoms with Gasteiger partial charge in [-0.05, 0) is 69.4 Å². The third-order valence-electron chi connectivity index (χ3n) is 6.03. The Hall–Kier alpha value is -3.30. The van der Waals surface area contributed by atoms with Crippen LogP contribution in [0.5, 0.6) is 5.75 Å². The number of amides is 3. The third kappa shape index (κ3) is 7.14. The number of halogens is 1. The molecule has 200 valence electrons. The van der Waals surface area contributed by atoms with Gasteiger partial charge in [0.15, 0.2) is 0 Å². The largest absolute Gasteiger partial charge is 0.508 e. The summed E-state index contributed by atoms with van der Waals surface area (Å²) in [7, 11) is 0. The predicted octanol–water partition coefficient (Wildman–Crippen LogP) is 4.16. The normalized spacial score (nSPS) is 18.4. The average molecular weight is 532 g/mol. The van der Waals surface area contributed by atoms with Gasteiger partial charge < -0.3 is 30.5 Å². The first-order valence-electron chi connectivity index (χ1n) is 12.1. The molecular formula is C27H34ClN3O6. The second-order valence-corrected chi connectivity index (χ2v) is 10.7. The Morgan fingerprint density at radius 1 is 1.19 bits per heavy atom. The molecular weight excluding hydrogens is 498 g/mol. The van der Waals surface area contributed by atoms with Crippen molar-refractivity contribution in [2.45, 2.75) is 64.8 Å². The molecule has 1 aliphatic rings. The first-order valence-corrected chi connectivity index (χ1v) is 12.5. The number of phenolic OH excluding ortho intramolecular Hbond substituents is 1. The number of ether oxygens (including phenoxy) is 1. The van der Waals surface area contributed by atoms with Crippen molar-refractivity contribution in [1.82, 2.24) is 10.2 Å². The molecule has 1 aliphatic carbocycles. The summed E-state index contributed by atoms with van der Waals surface area (Å²) < 4.78 is 5.25. The minimum absolute atomic E-state index is 0.0777. The van der Waals surface area contributed by atoms with Gasteiger partial charge in [0.2, 0.25) is 5.91 Å². The maximum Gasteiger partial charge on any atom is 0.408 e. The van der Waals surface area contributed by atoms with E-state index in [9.17, 15) is 24.6 Å². The van der Waals surface area contributed by atoms with Crippen LogP contribution >= 0.6 is 11.6 Å². The van der Waals surface area contributed by atoms with Gasteiger partial charge in [-0.15, -0.1) is 0 Å². The van der Waals surface area contributed by atoms with Crippen LogP contribution in [0, 0.1) is 12.8 Å². The summed E-state index contributed by atoms with van der Waals surface area (Å²) in [4.78, 5) is 41.4. The summed E-state index contributed by atoms with van der Waals surface area (Å²) in [5.41, 5.74) is 0.687. The molecule has 0 heterocycles. The van der Waals surface area contributed by atoms with E-state index in [2.05, 4.69) is 10.6 Å². The number of aliphatic hydroxyl groups is 1. The molecule has 3 amide bonds. The number of phenols is 1. The molecule has 3 rings (SSSR count). The standard InChI is InChI=1S/C27H34ClN3O6/c1-15-8-6-11-19(28)22(15)30-24(34)23(17-9-7-10-18(33)13-17)31(21-12-16(21)2)25(35)20(14-32)29-26(36)37-27(3,4)5/h6-11,13,16,20-21,23,32-33H,12,14H2,1-5H3,(H,29,36)(H,30,34). The molecule has 4 N–H and O–H groups in total. The first-order chi connectivity index (χ1) is 17.3. The SMILES string of the molecule is Cc1cccc(Cl)c1NC(=O)C(c1cccc(O)c1)N(C(=O)C(CO)NC(=O)OC(C)(C)C)C1CC1C. The fourth-order valence-corrected chi connectivity index (χ4v) is 4.37. The summed E-state index contributed by atoms with van der Waals surface area (Å²) in [6.07, 6.45) is -0.238. The molecule has 2 aromatic rings. The highest BCUT2D eigenvalue weighted by Gasteiger charge is 2.48. The van der Waals surface area contributed by atoms with E-state index in [1.54, 1.807) is 58.0 Å². The van der Waals surface area contributed by atoms with Crippen molar-refractivity contribution in [3.63, 3.8) is 0 Å². The van der Waals surface area contributed by atoms with Gasteiger partial charge >= 0.3 is 6.09 Å². The van der Waals surface area contributed by atoms with Crippen LogP contribution in [0.1, 0.15) is 51.3 Å². The van der Waals surface area contributed by atoms with Crippen LogP contribution in [0.3, 0.4) is 0 Å². The van der Waals surface area contributed by atoms with Gasteiger partial charge in [0.05, 0.1) is 17.3 Å². The molecule has 0 radical (unpaired) electrons. The van der Waals surface area contributed by atoms with Crippen molar-refractivity contribution in [2.75, 3.05) is 11.9 Å². The van der Waals surface area contributed by atoms with Gasteiger partial charge in [-0.1, -0.05) is 42.8 Å². The molecule has 0 aromatic heterocycles. The van der Waals surface area contributed by atoms with Crippen LogP contribution in [-0.4, -0.2) is 57.3 Å². The van der Waals surface area contributed by atoms with E-state index in [0.717, 1.165) is 5.56 Å². The van der Waals surface area contributed by atoms with Crippen molar-refractivity contribution in [3.8, 4) is 5.75 Å². The van der Waals surface area contributed by atoms with Gasteiger partial charge in [-0.2, -0.15) is 0 Å². The molecule has 9 nitrogen and oxygen atoms in total. The van der Waals surface area contributed by atoms with Gasteiger partial charge in [0.25, 0.3) is 5.91 Å². The quantitative estimate of drug-likeness (QED) is 0.405. The maximum absolute atomic E-state index is 13.8. The topological polar surface area (TPSA) is 128 Å². The predicted molar refractivity (Wildman–Crippen MR) is 140 cm³/mol. The van der Waals surface area contributed by atoms with Crippen molar-refractivity contribution in [2.24, 2.45) is 5.92 Å². The number of nitrogens with zero attached hydrogens (tertiary/aromatic N) is 1. The zero-order valence-electron chi connectivity index (χ0n) is 21.6. The molecule has 0 bridgehead atoms. The zero-order valence-corrected chi connectivity index (χ0v) is 22.4. The summed E-state index contributed by atoms with van der Waals surface area (Å²) in [5.74, 6) is -1.20. The Balaban J connectivity index is 2.01. The Morgan fingerprint density at radius 3 is 2.38 bits per heavy atom. The van der Waals surface area contributed by atoms with Crippen molar-refractivity contribution < 1.29 is 29.3 Å². The number of aryl methyl sites for hydroxylation is 1. The number of rotatable bonds is 8. The minimum atomic E-state index is -1.35. The van der Waals surface area contributed by atoms with Gasteiger partial charge in [0, 0.05) is 6.04 Å². The number of carbonyl (C=O) groups excluding carboxylic acids is 3. The number of para-hydroxylation sites is 1. The lowest BCUT2D eigenvalue weighted by molar-refractivity contribution is -0.142. The number of hydrogen-bond donors (Lipinski definition) is 4. The number of nitrogens with one attached hydrogen (secondary N) is 2. The Kier molecular flexibility index (Phi) is 8.71. The van der Waals surface area contributed by atoms with Crippen LogP contribution in [0.4, 0.5) is 10.5 Å². The average Bonchev–Trinajstić information content (AvgIpc) is 3.52. The minimum Gasteiger partial charge on any atom is -0.508 e. The van der Waals surface area contributed by atoms with E-state index in [1.165, 1.54) is 17.0 Å². The smallest absolute Gasteiger partial charge is 0.408 e. The van der Waals surface area contributed by atoms with Gasteiger partial charge in [0.1, 0.15) is 23.4 Å². The van der Waals surface area contributed by atoms with Crippen LogP contribution in [0.15, 0.2) is 42.5 Å². The summed E-state index contributed by atoms with van der Waals surface area (Å²) in [6, 6.07) is 8.42. The zero-order chi connectivity index (χ0) is 27.5. The lowest BCUT2D eigenvalue weighted by atomic mass is 10.0. The highest BCUT2D eigenvalue weighted by Crippen LogP contribution is 2.41. The summed E-state index contributed by atoms with van der Waals surface area (Å²) >= 11 is 6.34. The number of hydrogen-bond acceptors (Lipinski definition) is 6. The number of aromatic hydroxyl groups is 1. The molecule has 4 atom stereocenters. The van der Waals surface area contributed by atoms with E-state index in [1.807, 2.05) is 6.92 Å². The van der Waals surface area contributed by atoms with E-state index in [-0.39, 0.29) is 17.7 Å². The van der Waals surface area contributed by atoms with E-state index in [0.29, 0.717) is 22.7 Å². The van der Waals surface area contributed by atoms with E-state index >= 15 is 0 Å². The number of aliphatic hydroxyl groups excluding tert-OH is 1. The number of carbonyl (C=O) groups is 3. The number of benzene rings is 2. The molecule has 0 aliphatic heterocycles. The lowest BCUT2D eigenvalue weighted by Gasteiger charge is -2.34. The molecule has 2 aromatic carbocycles. The number of anilines is 1. The third-order valence-corrected chi connectivity index (χ3v) is 6.35. The highest BCUT2D eigenvalue weighted by molar-refractivity contribution is 6.34. The summed E-state index contributed by atoms with van der Waals surface area (Å²) in [6.45, 7) is 8.07. The lowest BCUT2D eigenvalue weighted by Crippen LogP contribution is -2.54. The summed E-state index contributed by atoms with van der Waals surface area (Å²) in [5, 5.41) is 25.8. The van der Waals surface area contributed by atoms with Crippen LogP contribution in [-0.2, 0) is 14.3 Å². The van der Waals surface area contributed by atoms with E-state index < -0.39 is 42.2 Å². The Morgan fingerprint density at radius 2 is 1.84 bits per heavy atom. The second-order valence-electron chi connectivity index (χ2n) is 10.3. The Bertz CT molecular complexity index is 1140. The molecule has 10 heteroatoms. The maximum atomic E-state index is 13.8. The van der Waals surface area contributed by atoms with Gasteiger partial charge in [-0.25, -0.2) is 4.79 Å². The van der Waals surface area contributed by atoms with Crippen molar-refractivity contribution in [1.29, 1.82) is 0 Å². The second kappa shape index (κ2) is 11.4. The van der Waals surface area contributed by atoms with Crippen molar-refractivity contribution in [3.05, 3.63) is 58.6 Å². The highest BCUT2D eigenvalue weighted by atomic mass is 35.5. The molecule has 0 saturated heterocycles. The fraction of sp³-hybridized carbons (Fsp3) is 0.444. The van der Waals surface area contributed by atoms with Gasteiger partial charge in [-0.3, -0.25) is 9.59 Å². The van der Waals surface area contributed by atoms with Crippen LogP contribution < -0.4 is 10.6 Å².